The van der Waals surface area contributed by atoms with Gasteiger partial charge in [-0.2, -0.15) is 0 Å². The molecule has 3 nitrogen and oxygen atoms in total. The monoisotopic (exact) mass is 272 g/mol. The number of aliphatic hydroxyl groups is 1. The fourth-order valence-corrected chi connectivity index (χ4v) is 3.19. The topological polar surface area (TPSA) is 46.5 Å². The van der Waals surface area contributed by atoms with Crippen LogP contribution in [0.1, 0.15) is 0 Å². The van der Waals surface area contributed by atoms with Gasteiger partial charge in [-0.15, -0.1) is 11.3 Å². The summed E-state index contributed by atoms with van der Waals surface area (Å²) < 4.78 is 7.33. The summed E-state index contributed by atoms with van der Waals surface area (Å²) in [6, 6.07) is 13.1. The van der Waals surface area contributed by atoms with Gasteiger partial charge in [0.15, 0.2) is 5.43 Å². The second kappa shape index (κ2) is 4.99. The number of benzene rings is 2. The van der Waals surface area contributed by atoms with Gasteiger partial charge in [0.2, 0.25) is 0 Å². The molecule has 4 heteroatoms. The maximum absolute atomic E-state index is 12.5. The Labute approximate surface area is 113 Å². The zero-order valence-electron chi connectivity index (χ0n) is 10.1. The molecule has 0 aliphatic rings. The van der Waals surface area contributed by atoms with E-state index in [9.17, 15) is 4.79 Å². The Morgan fingerprint density at radius 1 is 1.05 bits per heavy atom. The van der Waals surface area contributed by atoms with E-state index in [4.69, 9.17) is 9.84 Å². The van der Waals surface area contributed by atoms with Crippen LogP contribution < -0.4 is 10.2 Å². The minimum Gasteiger partial charge on any atom is -0.490 e. The smallest absolute Gasteiger partial charge is 0.199 e. The first-order chi connectivity index (χ1) is 9.31. The van der Waals surface area contributed by atoms with Gasteiger partial charge >= 0.3 is 0 Å². The number of rotatable bonds is 3. The summed E-state index contributed by atoms with van der Waals surface area (Å²) in [6.07, 6.45) is 0. The third kappa shape index (κ3) is 2.09. The lowest BCUT2D eigenvalue weighted by atomic mass is 10.1. The molecule has 0 aliphatic carbocycles. The van der Waals surface area contributed by atoms with Crippen molar-refractivity contribution < 1.29 is 9.84 Å². The Kier molecular flexibility index (Phi) is 3.19. The first kappa shape index (κ1) is 12.1. The molecule has 0 radical (unpaired) electrons. The van der Waals surface area contributed by atoms with Crippen LogP contribution in [0.15, 0.2) is 47.3 Å². The predicted molar refractivity (Wildman–Crippen MR) is 78.2 cm³/mol. The van der Waals surface area contributed by atoms with Gasteiger partial charge in [-0.05, 0) is 24.3 Å². The predicted octanol–water partition coefficient (Wildman–Crippen LogP) is 2.79. The summed E-state index contributed by atoms with van der Waals surface area (Å²) in [5.74, 6) is 0.540. The van der Waals surface area contributed by atoms with Crippen molar-refractivity contribution >= 4 is 31.5 Å². The van der Waals surface area contributed by atoms with Gasteiger partial charge in [-0.1, -0.05) is 18.2 Å². The van der Waals surface area contributed by atoms with E-state index in [1.54, 1.807) is 17.4 Å². The van der Waals surface area contributed by atoms with Gasteiger partial charge in [0.1, 0.15) is 12.4 Å². The molecule has 1 N–H and O–H groups in total. The Bertz CT molecular complexity index is 792. The lowest BCUT2D eigenvalue weighted by Crippen LogP contribution is -2.07. The Morgan fingerprint density at radius 3 is 2.68 bits per heavy atom. The Balaban J connectivity index is 2.36. The third-order valence-corrected chi connectivity index (χ3v) is 4.05. The van der Waals surface area contributed by atoms with E-state index >= 15 is 0 Å². The van der Waals surface area contributed by atoms with Gasteiger partial charge in [-0.3, -0.25) is 4.79 Å². The van der Waals surface area contributed by atoms with Crippen molar-refractivity contribution in [2.24, 2.45) is 0 Å². The molecule has 0 bridgehead atoms. The number of aliphatic hydroxyl groups excluding tert-OH is 1. The fourth-order valence-electron chi connectivity index (χ4n) is 2.09. The molecule has 1 heterocycles. The standard InChI is InChI=1S/C15H12O3S/c16-8-9-18-11-5-3-7-13-14(11)15(17)10-4-1-2-6-12(10)19-13/h1-7,16H,8-9H2. The number of ether oxygens (including phenoxy) is 1. The molecule has 0 spiro atoms. The van der Waals surface area contributed by atoms with Crippen LogP contribution in [0, 0.1) is 0 Å². The van der Waals surface area contributed by atoms with Crippen molar-refractivity contribution in [2.45, 2.75) is 0 Å². The summed E-state index contributed by atoms with van der Waals surface area (Å²) in [7, 11) is 0. The van der Waals surface area contributed by atoms with Crippen LogP contribution in [-0.4, -0.2) is 18.3 Å². The Hall–Kier alpha value is -1.91. The molecule has 0 amide bonds. The average Bonchev–Trinajstić information content (AvgIpc) is 2.45. The molecule has 0 aliphatic heterocycles. The molecule has 0 saturated heterocycles. The fraction of sp³-hybridized carbons (Fsp3) is 0.133. The van der Waals surface area contributed by atoms with E-state index in [-0.39, 0.29) is 18.6 Å². The second-order valence-corrected chi connectivity index (χ2v) is 5.21. The average molecular weight is 272 g/mol. The van der Waals surface area contributed by atoms with Crippen LogP contribution in [0.2, 0.25) is 0 Å². The van der Waals surface area contributed by atoms with E-state index < -0.39 is 0 Å². The second-order valence-electron chi connectivity index (χ2n) is 4.13. The molecular weight excluding hydrogens is 260 g/mol. The van der Waals surface area contributed by atoms with Gasteiger partial charge in [0.25, 0.3) is 0 Å². The molecule has 0 atom stereocenters. The quantitative estimate of drug-likeness (QED) is 0.746. The highest BCUT2D eigenvalue weighted by Crippen LogP contribution is 2.29. The summed E-state index contributed by atoms with van der Waals surface area (Å²) in [6.45, 7) is 0.123. The van der Waals surface area contributed by atoms with Gasteiger partial charge in [0.05, 0.1) is 12.0 Å². The first-order valence-electron chi connectivity index (χ1n) is 5.99. The molecular formula is C15H12O3S. The first-order valence-corrected chi connectivity index (χ1v) is 6.81. The normalized spacial score (nSPS) is 11.0. The van der Waals surface area contributed by atoms with E-state index in [0.717, 1.165) is 9.40 Å². The lowest BCUT2D eigenvalue weighted by Gasteiger charge is -2.08. The molecule has 19 heavy (non-hydrogen) atoms. The number of hydrogen-bond donors (Lipinski definition) is 1. The van der Waals surface area contributed by atoms with Gasteiger partial charge in [0, 0.05) is 14.8 Å². The maximum Gasteiger partial charge on any atom is 0.199 e. The van der Waals surface area contributed by atoms with E-state index in [0.29, 0.717) is 16.5 Å². The zero-order valence-corrected chi connectivity index (χ0v) is 10.9. The highest BCUT2D eigenvalue weighted by molar-refractivity contribution is 7.24. The van der Waals surface area contributed by atoms with E-state index in [1.807, 2.05) is 36.4 Å². The highest BCUT2D eigenvalue weighted by atomic mass is 32.1. The molecule has 0 saturated carbocycles. The zero-order chi connectivity index (χ0) is 13.2. The third-order valence-electron chi connectivity index (χ3n) is 2.92. The van der Waals surface area contributed by atoms with Crippen molar-refractivity contribution in [2.75, 3.05) is 13.2 Å². The molecule has 96 valence electrons. The van der Waals surface area contributed by atoms with Crippen LogP contribution in [-0.2, 0) is 0 Å². The van der Waals surface area contributed by atoms with Gasteiger partial charge < -0.3 is 9.84 Å². The minimum atomic E-state index is -0.0679. The van der Waals surface area contributed by atoms with Crippen molar-refractivity contribution in [3.05, 3.63) is 52.7 Å². The van der Waals surface area contributed by atoms with Crippen LogP contribution >= 0.6 is 11.3 Å². The molecule has 3 rings (SSSR count). The van der Waals surface area contributed by atoms with Crippen molar-refractivity contribution in [3.63, 3.8) is 0 Å². The summed E-state index contributed by atoms with van der Waals surface area (Å²) in [5.41, 5.74) is -0.0158. The van der Waals surface area contributed by atoms with Gasteiger partial charge in [-0.25, -0.2) is 0 Å². The SMILES string of the molecule is O=c1c2ccccc2sc2cccc(OCCO)c12. The maximum atomic E-state index is 12.5. The van der Waals surface area contributed by atoms with Crippen molar-refractivity contribution in [1.82, 2.24) is 0 Å². The summed E-state index contributed by atoms with van der Waals surface area (Å²) in [5, 5.41) is 10.1. The lowest BCUT2D eigenvalue weighted by molar-refractivity contribution is 0.203. The van der Waals surface area contributed by atoms with Crippen LogP contribution in [0.4, 0.5) is 0 Å². The van der Waals surface area contributed by atoms with Crippen molar-refractivity contribution in [3.8, 4) is 5.75 Å². The molecule has 3 aromatic rings. The van der Waals surface area contributed by atoms with Crippen LogP contribution in [0.5, 0.6) is 5.75 Å². The largest absolute Gasteiger partial charge is 0.490 e. The number of fused-ring (bicyclic) bond motifs is 2. The minimum absolute atomic E-state index is 0.0158. The Morgan fingerprint density at radius 2 is 1.84 bits per heavy atom. The van der Waals surface area contributed by atoms with E-state index in [1.165, 1.54) is 0 Å². The molecule has 0 fully saturated rings. The number of hydrogen-bond acceptors (Lipinski definition) is 4. The van der Waals surface area contributed by atoms with Crippen molar-refractivity contribution in [1.29, 1.82) is 0 Å². The highest BCUT2D eigenvalue weighted by Gasteiger charge is 2.10. The molecule has 1 aromatic heterocycles. The van der Waals surface area contributed by atoms with Crippen LogP contribution in [0.25, 0.3) is 20.2 Å². The molecule has 0 unspecified atom stereocenters. The molecule has 2 aromatic carbocycles. The summed E-state index contributed by atoms with van der Waals surface area (Å²) in [4.78, 5) is 12.5. The summed E-state index contributed by atoms with van der Waals surface area (Å²) >= 11 is 1.57. The van der Waals surface area contributed by atoms with Crippen LogP contribution in [0.3, 0.4) is 0 Å². The van der Waals surface area contributed by atoms with E-state index in [2.05, 4.69) is 0 Å².